The molecule has 0 atom stereocenters. The smallest absolute Gasteiger partial charge is 0.338 e. The summed E-state index contributed by atoms with van der Waals surface area (Å²) in [4.78, 5) is 56.0. The van der Waals surface area contributed by atoms with Gasteiger partial charge in [-0.25, -0.2) is 9.69 Å². The van der Waals surface area contributed by atoms with Crippen LogP contribution in [0.1, 0.15) is 42.3 Å². The molecule has 1 aromatic heterocycles. The number of rotatable bonds is 7. The summed E-state index contributed by atoms with van der Waals surface area (Å²) in [5.41, 5.74) is 2.34. The van der Waals surface area contributed by atoms with Crippen LogP contribution in [-0.2, 0) is 11.3 Å². The van der Waals surface area contributed by atoms with E-state index in [1.165, 1.54) is 30.3 Å². The van der Waals surface area contributed by atoms with Crippen LogP contribution < -0.4 is 9.64 Å². The second kappa shape index (κ2) is 11.0. The lowest BCUT2D eigenvalue weighted by molar-refractivity contribution is -0.385. The molecule has 4 aromatic carbocycles. The minimum absolute atomic E-state index is 0.0779. The number of aryl methyl sites for hydroxylation is 1. The lowest BCUT2D eigenvalue weighted by Gasteiger charge is -2.15. The molecule has 11 heteroatoms. The number of halogens is 1. The fourth-order valence-electron chi connectivity index (χ4n) is 4.89. The van der Waals surface area contributed by atoms with E-state index >= 15 is 0 Å². The van der Waals surface area contributed by atoms with Gasteiger partial charge in [0.1, 0.15) is 12.4 Å². The number of anilines is 1. The summed E-state index contributed by atoms with van der Waals surface area (Å²) < 4.78 is 11.1. The number of ether oxygens (including phenoxy) is 2. The Morgan fingerprint density at radius 3 is 2.42 bits per heavy atom. The number of imide groups is 1. The lowest BCUT2D eigenvalue weighted by atomic mass is 10.0. The van der Waals surface area contributed by atoms with Gasteiger partial charge in [0.25, 0.3) is 11.8 Å². The summed E-state index contributed by atoms with van der Waals surface area (Å²) >= 11 is 6.09. The molecule has 1 aliphatic heterocycles. The highest BCUT2D eigenvalue weighted by molar-refractivity contribution is 6.38. The van der Waals surface area contributed by atoms with Gasteiger partial charge < -0.3 is 9.47 Å². The van der Waals surface area contributed by atoms with Crippen molar-refractivity contribution in [2.75, 3.05) is 4.90 Å². The van der Waals surface area contributed by atoms with E-state index in [1.54, 1.807) is 61.5 Å². The number of aromatic nitrogens is 1. The van der Waals surface area contributed by atoms with Gasteiger partial charge in [-0.3, -0.25) is 24.7 Å². The molecule has 5 aromatic rings. The predicted molar refractivity (Wildman–Crippen MR) is 158 cm³/mol. The van der Waals surface area contributed by atoms with Gasteiger partial charge in [0.15, 0.2) is 0 Å². The van der Waals surface area contributed by atoms with E-state index in [0.717, 1.165) is 4.90 Å². The first-order valence-electron chi connectivity index (χ1n) is 13.0. The van der Waals surface area contributed by atoms with E-state index in [1.807, 2.05) is 6.07 Å². The molecular formula is C32H20ClN3O7. The Morgan fingerprint density at radius 2 is 1.65 bits per heavy atom. The fourth-order valence-corrected chi connectivity index (χ4v) is 5.10. The average Bonchev–Trinajstić information content (AvgIpc) is 3.28. The molecule has 2 heterocycles. The Kier molecular flexibility index (Phi) is 7.04. The molecule has 43 heavy (non-hydrogen) atoms. The monoisotopic (exact) mass is 593 g/mol. The van der Waals surface area contributed by atoms with Gasteiger partial charge in [-0.1, -0.05) is 54.1 Å². The first-order valence-corrected chi connectivity index (χ1v) is 13.4. The summed E-state index contributed by atoms with van der Waals surface area (Å²) in [5, 5.41) is 12.0. The number of carbonyl (C=O) groups excluding carboxylic acids is 3. The van der Waals surface area contributed by atoms with Crippen molar-refractivity contribution in [2.45, 2.75) is 13.5 Å². The highest BCUT2D eigenvalue weighted by Crippen LogP contribution is 2.38. The molecule has 212 valence electrons. The van der Waals surface area contributed by atoms with Crippen LogP contribution in [0.25, 0.3) is 10.9 Å². The highest BCUT2D eigenvalue weighted by Gasteiger charge is 2.40. The van der Waals surface area contributed by atoms with Crippen LogP contribution in [0, 0.1) is 17.0 Å². The number of hydrogen-bond donors (Lipinski definition) is 0. The zero-order valence-electron chi connectivity index (χ0n) is 22.4. The summed E-state index contributed by atoms with van der Waals surface area (Å²) in [6.07, 6.45) is 0. The number of para-hydroxylation sites is 2. The van der Waals surface area contributed by atoms with Gasteiger partial charge in [0.2, 0.25) is 5.75 Å². The van der Waals surface area contributed by atoms with E-state index < -0.39 is 22.7 Å². The second-order valence-electron chi connectivity index (χ2n) is 9.63. The van der Waals surface area contributed by atoms with Crippen LogP contribution in [0.3, 0.4) is 0 Å². The Hall–Kier alpha value is -5.61. The van der Waals surface area contributed by atoms with Crippen molar-refractivity contribution < 1.29 is 28.8 Å². The molecule has 0 saturated heterocycles. The first kappa shape index (κ1) is 27.6. The number of fused-ring (bicyclic) bond motifs is 3. The van der Waals surface area contributed by atoms with Crippen molar-refractivity contribution in [3.8, 4) is 11.5 Å². The third-order valence-electron chi connectivity index (χ3n) is 6.90. The predicted octanol–water partition coefficient (Wildman–Crippen LogP) is 7.05. The number of nitrogens with zero attached hydrogens (tertiary/aromatic N) is 3. The Balaban J connectivity index is 1.16. The van der Waals surface area contributed by atoms with E-state index in [0.29, 0.717) is 27.9 Å². The standard InChI is InChI=1S/C32H20ClN3O7/c1-18-27-28(23-8-2-3-10-25(23)34-18)31(38)35(30(27)37)21-7-4-6-20(16-21)32(39)42-17-19-12-14-22(15-13-19)43-29-24(33)9-5-11-26(29)36(40)41/h2-16H,17H2,1H3. The summed E-state index contributed by atoms with van der Waals surface area (Å²) in [6, 6.07) is 23.9. The molecule has 10 nitrogen and oxygen atoms in total. The highest BCUT2D eigenvalue weighted by atomic mass is 35.5. The zero-order valence-corrected chi connectivity index (χ0v) is 23.2. The van der Waals surface area contributed by atoms with Crippen molar-refractivity contribution in [3.63, 3.8) is 0 Å². The maximum absolute atomic E-state index is 13.5. The van der Waals surface area contributed by atoms with Crippen molar-refractivity contribution in [1.82, 2.24) is 4.98 Å². The molecule has 0 N–H and O–H groups in total. The third-order valence-corrected chi connectivity index (χ3v) is 7.20. The van der Waals surface area contributed by atoms with Gasteiger partial charge in [0, 0.05) is 11.5 Å². The topological polar surface area (TPSA) is 129 Å². The van der Waals surface area contributed by atoms with Crippen LogP contribution in [-0.4, -0.2) is 27.7 Å². The number of pyridine rings is 1. The van der Waals surface area contributed by atoms with Gasteiger partial charge in [-0.15, -0.1) is 0 Å². The number of nitro groups is 1. The molecule has 0 bridgehead atoms. The molecule has 0 saturated carbocycles. The summed E-state index contributed by atoms with van der Waals surface area (Å²) in [7, 11) is 0. The first-order chi connectivity index (χ1) is 20.7. The Labute approximate surface area is 249 Å². The number of nitro benzene ring substituents is 1. The molecule has 2 amide bonds. The third kappa shape index (κ3) is 5.04. The van der Waals surface area contributed by atoms with Gasteiger partial charge in [-0.05, 0) is 55.0 Å². The molecule has 6 rings (SSSR count). The van der Waals surface area contributed by atoms with Crippen LogP contribution >= 0.6 is 11.6 Å². The molecule has 1 aliphatic rings. The molecule has 0 fully saturated rings. The summed E-state index contributed by atoms with van der Waals surface area (Å²) in [6.45, 7) is 1.60. The SMILES string of the molecule is Cc1nc2ccccc2c2c1C(=O)N(c1cccc(C(=O)OCc3ccc(Oc4c(Cl)cccc4[N+](=O)[O-])cc3)c1)C2=O. The van der Waals surface area contributed by atoms with Gasteiger partial charge >= 0.3 is 11.7 Å². The van der Waals surface area contributed by atoms with Crippen LogP contribution in [0.2, 0.25) is 5.02 Å². The van der Waals surface area contributed by atoms with Gasteiger partial charge in [0.05, 0.1) is 43.5 Å². The van der Waals surface area contributed by atoms with Crippen LogP contribution in [0.4, 0.5) is 11.4 Å². The minimum atomic E-state index is -0.659. The number of hydrogen-bond acceptors (Lipinski definition) is 8. The van der Waals surface area contributed by atoms with E-state index in [-0.39, 0.29) is 45.4 Å². The lowest BCUT2D eigenvalue weighted by Crippen LogP contribution is -2.29. The van der Waals surface area contributed by atoms with Crippen LogP contribution in [0.15, 0.2) is 91.0 Å². The van der Waals surface area contributed by atoms with E-state index in [2.05, 4.69) is 4.98 Å². The van der Waals surface area contributed by atoms with E-state index in [4.69, 9.17) is 21.1 Å². The minimum Gasteiger partial charge on any atom is -0.457 e. The zero-order chi connectivity index (χ0) is 30.2. The molecule has 0 radical (unpaired) electrons. The Bertz CT molecular complexity index is 1970. The normalized spacial score (nSPS) is 12.4. The van der Waals surface area contributed by atoms with E-state index in [9.17, 15) is 24.5 Å². The van der Waals surface area contributed by atoms with Crippen molar-refractivity contribution in [3.05, 3.63) is 134 Å². The number of amides is 2. The van der Waals surface area contributed by atoms with Crippen molar-refractivity contribution in [1.29, 1.82) is 0 Å². The molecule has 0 unspecified atom stereocenters. The van der Waals surface area contributed by atoms with Gasteiger partial charge in [-0.2, -0.15) is 0 Å². The number of benzene rings is 4. The second-order valence-corrected chi connectivity index (χ2v) is 10.0. The fraction of sp³-hybridized carbons (Fsp3) is 0.0625. The Morgan fingerprint density at radius 1 is 0.930 bits per heavy atom. The van der Waals surface area contributed by atoms with Crippen molar-refractivity contribution in [2.24, 2.45) is 0 Å². The maximum Gasteiger partial charge on any atom is 0.338 e. The summed E-state index contributed by atoms with van der Waals surface area (Å²) in [5.74, 6) is -1.43. The number of carbonyl (C=O) groups is 3. The maximum atomic E-state index is 13.5. The largest absolute Gasteiger partial charge is 0.457 e. The molecular weight excluding hydrogens is 574 g/mol. The molecule has 0 spiro atoms. The molecule has 0 aliphatic carbocycles. The van der Waals surface area contributed by atoms with Crippen LogP contribution in [0.5, 0.6) is 11.5 Å². The van der Waals surface area contributed by atoms with Crippen molar-refractivity contribution >= 4 is 51.7 Å². The average molecular weight is 594 g/mol. The number of esters is 1. The quantitative estimate of drug-likeness (QED) is 0.0849.